The molecule has 0 radical (unpaired) electrons. The maximum absolute atomic E-state index is 13.4. The predicted molar refractivity (Wildman–Crippen MR) is 124 cm³/mol. The van der Waals surface area contributed by atoms with Crippen molar-refractivity contribution < 1.29 is 17.6 Å². The number of carbonyl (C=O) groups excluding carboxylic acids is 1. The van der Waals surface area contributed by atoms with Crippen LogP contribution < -0.4 is 9.73 Å². The third-order valence-corrected chi connectivity index (χ3v) is 6.68. The minimum Gasteiger partial charge on any atom is -0.271 e. The monoisotopic (exact) mass is 473 g/mol. The lowest BCUT2D eigenvalue weighted by Crippen LogP contribution is -2.40. The molecule has 0 aromatic heterocycles. The Hall–Kier alpha value is -3.23. The number of halogens is 2. The third kappa shape index (κ3) is 5.52. The number of anilines is 1. The summed E-state index contributed by atoms with van der Waals surface area (Å²) in [5, 5.41) is 4.35. The molecule has 0 atom stereocenters. The van der Waals surface area contributed by atoms with E-state index in [0.29, 0.717) is 21.9 Å². The molecule has 0 saturated heterocycles. The first-order valence-electron chi connectivity index (χ1n) is 9.61. The fraction of sp³-hybridized carbons (Fsp3) is 0.130. The fourth-order valence-corrected chi connectivity index (χ4v) is 4.60. The van der Waals surface area contributed by atoms with Gasteiger partial charge in [0.1, 0.15) is 12.4 Å². The minimum absolute atomic E-state index is 0.0400. The van der Waals surface area contributed by atoms with E-state index in [1.807, 2.05) is 0 Å². The molecular formula is C23H21ClFN3O3S. The second-order valence-electron chi connectivity index (χ2n) is 6.99. The highest BCUT2D eigenvalue weighted by atomic mass is 35.5. The lowest BCUT2D eigenvalue weighted by Gasteiger charge is -2.25. The highest BCUT2D eigenvalue weighted by molar-refractivity contribution is 7.92. The number of rotatable bonds is 7. The van der Waals surface area contributed by atoms with E-state index < -0.39 is 22.5 Å². The molecule has 3 rings (SSSR count). The summed E-state index contributed by atoms with van der Waals surface area (Å²) in [5.41, 5.74) is 4.35. The van der Waals surface area contributed by atoms with Gasteiger partial charge < -0.3 is 0 Å². The summed E-state index contributed by atoms with van der Waals surface area (Å²) in [7, 11) is -4.06. The second kappa shape index (κ2) is 9.93. The van der Waals surface area contributed by atoms with Crippen LogP contribution in [-0.2, 0) is 14.8 Å². The van der Waals surface area contributed by atoms with E-state index in [2.05, 4.69) is 10.5 Å². The van der Waals surface area contributed by atoms with E-state index in [-0.39, 0.29) is 16.4 Å². The maximum atomic E-state index is 13.4. The van der Waals surface area contributed by atoms with Gasteiger partial charge >= 0.3 is 0 Å². The number of carbonyl (C=O) groups is 1. The van der Waals surface area contributed by atoms with Gasteiger partial charge in [0.15, 0.2) is 0 Å². The van der Waals surface area contributed by atoms with Gasteiger partial charge in [0.05, 0.1) is 16.3 Å². The smallest absolute Gasteiger partial charge is 0.264 e. The number of amides is 1. The molecule has 0 aliphatic carbocycles. The van der Waals surface area contributed by atoms with E-state index >= 15 is 0 Å². The highest BCUT2D eigenvalue weighted by Crippen LogP contribution is 2.29. The van der Waals surface area contributed by atoms with Gasteiger partial charge in [0.25, 0.3) is 15.9 Å². The molecule has 6 nitrogen and oxygen atoms in total. The molecule has 0 saturated carbocycles. The molecule has 1 amide bonds. The molecular weight excluding hydrogens is 453 g/mol. The summed E-state index contributed by atoms with van der Waals surface area (Å²) in [5.74, 6) is -1.03. The Morgan fingerprint density at radius 1 is 1.06 bits per heavy atom. The summed E-state index contributed by atoms with van der Waals surface area (Å²) in [4.78, 5) is 12.7. The average molecular weight is 474 g/mol. The molecule has 0 heterocycles. The molecule has 0 fully saturated rings. The number of benzene rings is 3. The molecule has 166 valence electrons. The Balaban J connectivity index is 1.90. The van der Waals surface area contributed by atoms with E-state index in [9.17, 15) is 17.6 Å². The Labute approximate surface area is 191 Å². The Kier molecular flexibility index (Phi) is 7.27. The molecule has 0 spiro atoms. The van der Waals surface area contributed by atoms with Crippen molar-refractivity contribution in [2.75, 3.05) is 10.8 Å². The van der Waals surface area contributed by atoms with Crippen molar-refractivity contribution in [3.8, 4) is 0 Å². The van der Waals surface area contributed by atoms with Crippen LogP contribution in [0, 0.1) is 12.7 Å². The van der Waals surface area contributed by atoms with Gasteiger partial charge in [-0.05, 0) is 61.4 Å². The highest BCUT2D eigenvalue weighted by Gasteiger charge is 2.28. The molecule has 3 aromatic carbocycles. The van der Waals surface area contributed by atoms with Crippen LogP contribution in [0.3, 0.4) is 0 Å². The van der Waals surface area contributed by atoms with Crippen LogP contribution in [0.5, 0.6) is 0 Å². The van der Waals surface area contributed by atoms with Gasteiger partial charge in [-0.3, -0.25) is 9.10 Å². The van der Waals surface area contributed by atoms with Gasteiger partial charge in [0.2, 0.25) is 0 Å². The van der Waals surface area contributed by atoms with E-state index in [1.54, 1.807) is 44.2 Å². The summed E-state index contributed by atoms with van der Waals surface area (Å²) < 4.78 is 40.8. The Bertz CT molecular complexity index is 1250. The molecule has 9 heteroatoms. The van der Waals surface area contributed by atoms with Crippen LogP contribution in [0.25, 0.3) is 0 Å². The zero-order valence-electron chi connectivity index (χ0n) is 17.4. The normalized spacial score (nSPS) is 11.8. The first kappa shape index (κ1) is 23.4. The van der Waals surface area contributed by atoms with Crippen LogP contribution in [0.4, 0.5) is 10.1 Å². The Morgan fingerprint density at radius 2 is 1.72 bits per heavy atom. The minimum atomic E-state index is -4.06. The number of sulfonamides is 1. The predicted octanol–water partition coefficient (Wildman–Crippen LogP) is 4.52. The SMILES string of the molecule is C/C(=N/NC(=O)CN(c1cc(Cl)ccc1C)S(=O)(=O)c1ccccc1)c1ccc(F)cc1. The summed E-state index contributed by atoms with van der Waals surface area (Å²) >= 11 is 6.10. The van der Waals surface area contributed by atoms with E-state index in [4.69, 9.17) is 11.6 Å². The number of hydrogen-bond acceptors (Lipinski definition) is 4. The van der Waals surface area contributed by atoms with Gasteiger partial charge in [-0.1, -0.05) is 48.0 Å². The Morgan fingerprint density at radius 3 is 2.38 bits per heavy atom. The third-order valence-electron chi connectivity index (χ3n) is 4.67. The van der Waals surface area contributed by atoms with E-state index in [1.165, 1.54) is 42.5 Å². The van der Waals surface area contributed by atoms with Crippen molar-refractivity contribution in [1.29, 1.82) is 0 Å². The molecule has 32 heavy (non-hydrogen) atoms. The van der Waals surface area contributed by atoms with Crippen molar-refractivity contribution in [3.05, 3.63) is 94.8 Å². The first-order valence-corrected chi connectivity index (χ1v) is 11.4. The lowest BCUT2D eigenvalue weighted by atomic mass is 10.1. The van der Waals surface area contributed by atoms with Crippen LogP contribution in [0.2, 0.25) is 5.02 Å². The largest absolute Gasteiger partial charge is 0.271 e. The summed E-state index contributed by atoms with van der Waals surface area (Å²) in [6.45, 7) is 2.86. The van der Waals surface area contributed by atoms with Crippen LogP contribution >= 0.6 is 11.6 Å². The molecule has 0 unspecified atom stereocenters. The van der Waals surface area contributed by atoms with E-state index in [0.717, 1.165) is 4.31 Å². The van der Waals surface area contributed by atoms with Crippen molar-refractivity contribution in [3.63, 3.8) is 0 Å². The quantitative estimate of drug-likeness (QED) is 0.404. The van der Waals surface area contributed by atoms with Gasteiger partial charge in [-0.15, -0.1) is 0 Å². The second-order valence-corrected chi connectivity index (χ2v) is 9.29. The van der Waals surface area contributed by atoms with Crippen LogP contribution in [-0.4, -0.2) is 26.6 Å². The first-order chi connectivity index (χ1) is 15.2. The molecule has 0 aliphatic rings. The zero-order chi connectivity index (χ0) is 23.3. The molecule has 1 N–H and O–H groups in total. The molecule has 0 bridgehead atoms. The number of hydrazone groups is 1. The number of aryl methyl sites for hydroxylation is 1. The van der Waals surface area contributed by atoms with Crippen LogP contribution in [0.15, 0.2) is 82.8 Å². The summed E-state index contributed by atoms with van der Waals surface area (Å²) in [6, 6.07) is 18.3. The average Bonchev–Trinajstić information content (AvgIpc) is 2.78. The summed E-state index contributed by atoms with van der Waals surface area (Å²) in [6.07, 6.45) is 0. The van der Waals surface area contributed by atoms with Gasteiger partial charge in [0, 0.05) is 5.02 Å². The van der Waals surface area contributed by atoms with Crippen LogP contribution in [0.1, 0.15) is 18.1 Å². The van der Waals surface area contributed by atoms with Gasteiger partial charge in [-0.25, -0.2) is 18.2 Å². The van der Waals surface area contributed by atoms with Gasteiger partial charge in [-0.2, -0.15) is 5.10 Å². The molecule has 3 aromatic rings. The van der Waals surface area contributed by atoms with Crippen molar-refractivity contribution >= 4 is 38.9 Å². The molecule has 0 aliphatic heterocycles. The standard InChI is InChI=1S/C23H21ClFN3O3S/c1-16-8-11-19(24)14-22(16)28(32(30,31)21-6-4-3-5-7-21)15-23(29)27-26-17(2)18-9-12-20(25)13-10-18/h3-14H,15H2,1-2H3,(H,27,29)/b26-17-. The number of nitrogens with zero attached hydrogens (tertiary/aromatic N) is 2. The number of nitrogens with one attached hydrogen (secondary N) is 1. The zero-order valence-corrected chi connectivity index (χ0v) is 19.0. The lowest BCUT2D eigenvalue weighted by molar-refractivity contribution is -0.119. The van der Waals surface area contributed by atoms with Crippen molar-refractivity contribution in [1.82, 2.24) is 5.43 Å². The number of hydrogen-bond donors (Lipinski definition) is 1. The fourth-order valence-electron chi connectivity index (χ4n) is 2.94. The topological polar surface area (TPSA) is 78.8 Å². The van der Waals surface area contributed by atoms with Crippen molar-refractivity contribution in [2.45, 2.75) is 18.7 Å². The maximum Gasteiger partial charge on any atom is 0.264 e. The van der Waals surface area contributed by atoms with Crippen molar-refractivity contribution in [2.24, 2.45) is 5.10 Å².